The second-order valence-electron chi connectivity index (χ2n) is 8.54. The molecule has 3 N–H and O–H groups in total. The molecule has 9 heteroatoms. The number of unbranched alkanes of at least 4 members (excludes halogenated alkanes) is 9. The summed E-state index contributed by atoms with van der Waals surface area (Å²) >= 11 is 0. The molecular weight excluding hydrogens is 420 g/mol. The lowest BCUT2D eigenvalue weighted by molar-refractivity contribution is -0.837. The first-order chi connectivity index (χ1) is 14.7. The Balaban J connectivity index is 2.38. The molecule has 0 fully saturated rings. The molecule has 1 heterocycles. The maximum Gasteiger partial charge on any atom is 0.267 e. The minimum absolute atomic E-state index is 0.0299. The molecule has 0 saturated heterocycles. The van der Waals surface area contributed by atoms with Crippen LogP contribution < -0.4 is 0 Å². The molecule has 1 rings (SSSR count). The molecule has 1 aliphatic rings. The van der Waals surface area contributed by atoms with Gasteiger partial charge >= 0.3 is 0 Å². The fourth-order valence-corrected chi connectivity index (χ4v) is 4.85. The van der Waals surface area contributed by atoms with Gasteiger partial charge in [0.1, 0.15) is 31.5 Å². The SMILES string of the molecule is C=CCCCCCCCCCCCC(=O)C1=NCC[N+]1(CCO)CC(O)CS(=O)(=O)O. The second-order valence-corrected chi connectivity index (χ2v) is 10.0. The van der Waals surface area contributed by atoms with E-state index in [0.29, 0.717) is 25.3 Å². The summed E-state index contributed by atoms with van der Waals surface area (Å²) in [6, 6.07) is 0. The summed E-state index contributed by atoms with van der Waals surface area (Å²) in [5.41, 5.74) is 0. The van der Waals surface area contributed by atoms with Crippen molar-refractivity contribution in [2.75, 3.05) is 38.5 Å². The van der Waals surface area contributed by atoms with Crippen molar-refractivity contribution in [3.05, 3.63) is 12.7 Å². The fourth-order valence-electron chi connectivity index (χ4n) is 4.26. The monoisotopic (exact) mass is 461 g/mol. The van der Waals surface area contributed by atoms with E-state index in [9.17, 15) is 23.4 Å². The van der Waals surface area contributed by atoms with E-state index in [1.165, 1.54) is 38.5 Å². The number of nitrogens with zero attached hydrogens (tertiary/aromatic N) is 2. The molecule has 2 unspecified atom stereocenters. The highest BCUT2D eigenvalue weighted by Crippen LogP contribution is 2.20. The third-order valence-corrected chi connectivity index (χ3v) is 6.60. The van der Waals surface area contributed by atoms with Crippen LogP contribution >= 0.6 is 0 Å². The third-order valence-electron chi connectivity index (χ3n) is 5.79. The highest BCUT2D eigenvalue weighted by Gasteiger charge is 2.43. The van der Waals surface area contributed by atoms with Crippen LogP contribution in [0.25, 0.3) is 0 Å². The van der Waals surface area contributed by atoms with Gasteiger partial charge in [-0.3, -0.25) is 13.8 Å². The highest BCUT2D eigenvalue weighted by atomic mass is 32.2. The predicted molar refractivity (Wildman–Crippen MR) is 123 cm³/mol. The number of carbonyl (C=O) groups excluding carboxylic acids is 1. The summed E-state index contributed by atoms with van der Waals surface area (Å²) in [5.74, 6) is -0.594. The molecule has 0 aromatic rings. The Labute approximate surface area is 187 Å². The Morgan fingerprint density at radius 2 is 1.68 bits per heavy atom. The lowest BCUT2D eigenvalue weighted by Crippen LogP contribution is -2.59. The number of quaternary nitrogens is 1. The first-order valence-corrected chi connectivity index (χ1v) is 13.1. The molecule has 0 bridgehead atoms. The summed E-state index contributed by atoms with van der Waals surface area (Å²) in [7, 11) is -4.33. The lowest BCUT2D eigenvalue weighted by atomic mass is 10.0. The van der Waals surface area contributed by atoms with Crippen LogP contribution in [0.5, 0.6) is 0 Å². The first-order valence-electron chi connectivity index (χ1n) is 11.5. The first kappa shape index (κ1) is 27.9. The number of hydrogen-bond donors (Lipinski definition) is 3. The van der Waals surface area contributed by atoms with Gasteiger partial charge in [0.2, 0.25) is 5.78 Å². The smallest absolute Gasteiger partial charge is 0.267 e. The van der Waals surface area contributed by atoms with Gasteiger partial charge in [-0.05, 0) is 19.3 Å². The average Bonchev–Trinajstić information content (AvgIpc) is 3.07. The van der Waals surface area contributed by atoms with E-state index >= 15 is 0 Å². The number of Topliss-reactive ketones (excluding diaryl/α,β-unsaturated/α-hetero) is 1. The van der Waals surface area contributed by atoms with Gasteiger partial charge in [0.25, 0.3) is 16.0 Å². The molecule has 31 heavy (non-hydrogen) atoms. The highest BCUT2D eigenvalue weighted by molar-refractivity contribution is 7.85. The number of aliphatic hydroxyl groups excluding tert-OH is 2. The van der Waals surface area contributed by atoms with Crippen LogP contribution in [0.2, 0.25) is 0 Å². The zero-order chi connectivity index (χ0) is 23.2. The van der Waals surface area contributed by atoms with Crippen molar-refractivity contribution in [3.63, 3.8) is 0 Å². The number of allylic oxidation sites excluding steroid dienone is 1. The van der Waals surface area contributed by atoms with E-state index in [0.717, 1.165) is 25.7 Å². The molecule has 2 atom stereocenters. The van der Waals surface area contributed by atoms with Crippen LogP contribution in [-0.4, -0.2) is 83.9 Å². The summed E-state index contributed by atoms with van der Waals surface area (Å²) < 4.78 is 31.1. The minimum Gasteiger partial charge on any atom is -0.390 e. The van der Waals surface area contributed by atoms with Crippen molar-refractivity contribution in [1.82, 2.24) is 0 Å². The van der Waals surface area contributed by atoms with Gasteiger partial charge in [-0.1, -0.05) is 51.0 Å². The Bertz CT molecular complexity index is 679. The molecule has 1 aliphatic heterocycles. The van der Waals surface area contributed by atoms with Gasteiger partial charge in [-0.2, -0.15) is 8.42 Å². The number of amidine groups is 1. The van der Waals surface area contributed by atoms with Gasteiger partial charge in [0.05, 0.1) is 13.2 Å². The Morgan fingerprint density at radius 3 is 2.23 bits per heavy atom. The minimum atomic E-state index is -4.33. The number of carbonyl (C=O) groups is 1. The summed E-state index contributed by atoms with van der Waals surface area (Å²) in [4.78, 5) is 17.1. The number of hydrogen-bond acceptors (Lipinski definition) is 6. The van der Waals surface area contributed by atoms with Crippen LogP contribution in [-0.2, 0) is 14.9 Å². The maximum atomic E-state index is 12.8. The molecule has 8 nitrogen and oxygen atoms in total. The molecule has 0 aromatic carbocycles. The molecule has 0 aromatic heterocycles. The van der Waals surface area contributed by atoms with E-state index in [1.54, 1.807) is 0 Å². The normalized spacial score (nSPS) is 19.9. The predicted octanol–water partition coefficient (Wildman–Crippen LogP) is 2.50. The molecular formula is C22H41N2O6S+. The van der Waals surface area contributed by atoms with E-state index in [1.807, 2.05) is 6.08 Å². The van der Waals surface area contributed by atoms with Crippen molar-refractivity contribution in [3.8, 4) is 0 Å². The van der Waals surface area contributed by atoms with Crippen LogP contribution in [0.4, 0.5) is 0 Å². The van der Waals surface area contributed by atoms with Crippen molar-refractivity contribution in [2.45, 2.75) is 76.7 Å². The molecule has 0 spiro atoms. The fraction of sp³-hybridized carbons (Fsp3) is 0.818. The Kier molecular flexibility index (Phi) is 13.4. The van der Waals surface area contributed by atoms with Gasteiger partial charge in [-0.15, -0.1) is 6.58 Å². The van der Waals surface area contributed by atoms with Crippen molar-refractivity contribution in [2.24, 2.45) is 4.99 Å². The average molecular weight is 462 g/mol. The van der Waals surface area contributed by atoms with Crippen molar-refractivity contribution in [1.29, 1.82) is 0 Å². The Hall–Kier alpha value is -1.13. The van der Waals surface area contributed by atoms with E-state index in [2.05, 4.69) is 11.6 Å². The van der Waals surface area contributed by atoms with E-state index in [-0.39, 0.29) is 30.0 Å². The van der Waals surface area contributed by atoms with Gasteiger partial charge in [0.15, 0.2) is 0 Å². The van der Waals surface area contributed by atoms with E-state index < -0.39 is 22.0 Å². The van der Waals surface area contributed by atoms with Gasteiger partial charge in [0, 0.05) is 6.42 Å². The number of rotatable bonds is 19. The topological polar surface area (TPSA) is 124 Å². The molecule has 180 valence electrons. The summed E-state index contributed by atoms with van der Waals surface area (Å²) in [5, 5.41) is 19.6. The van der Waals surface area contributed by atoms with Crippen molar-refractivity contribution < 1.29 is 32.5 Å². The third kappa shape index (κ3) is 11.3. The number of ketones is 1. The van der Waals surface area contributed by atoms with E-state index in [4.69, 9.17) is 4.55 Å². The molecule has 0 amide bonds. The summed E-state index contributed by atoms with van der Waals surface area (Å²) in [6.07, 6.45) is 12.3. The maximum absolute atomic E-state index is 12.8. The lowest BCUT2D eigenvalue weighted by Gasteiger charge is -2.34. The second kappa shape index (κ2) is 14.8. The summed E-state index contributed by atoms with van der Waals surface area (Å²) in [6.45, 7) is 4.45. The van der Waals surface area contributed by atoms with Crippen LogP contribution in [0.15, 0.2) is 17.6 Å². The van der Waals surface area contributed by atoms with Crippen LogP contribution in [0.3, 0.4) is 0 Å². The Morgan fingerprint density at radius 1 is 1.10 bits per heavy atom. The number of aliphatic imine (C=N–C) groups is 1. The zero-order valence-corrected chi connectivity index (χ0v) is 19.6. The van der Waals surface area contributed by atoms with Crippen LogP contribution in [0.1, 0.15) is 70.6 Å². The quantitative estimate of drug-likeness (QED) is 0.117. The zero-order valence-electron chi connectivity index (χ0n) is 18.8. The van der Waals surface area contributed by atoms with Gasteiger partial charge in [-0.25, -0.2) is 4.99 Å². The van der Waals surface area contributed by atoms with Gasteiger partial charge < -0.3 is 10.2 Å². The standard InChI is InChI=1S/C22H40N2O6S/c1-2-3-4-5-6-7-8-9-10-11-12-13-21(27)22-23-14-15-24(22,16-17-25)18-20(26)19-31(28,29)30/h2,20,25-26H,1,3-19H2/p+1. The molecule has 0 aliphatic carbocycles. The molecule has 0 radical (unpaired) electrons. The van der Waals surface area contributed by atoms with Crippen molar-refractivity contribution >= 4 is 21.7 Å². The number of aliphatic hydroxyl groups is 2. The molecule has 0 saturated carbocycles. The van der Waals surface area contributed by atoms with Crippen LogP contribution in [0, 0.1) is 0 Å². The largest absolute Gasteiger partial charge is 0.390 e.